The first-order valence-corrected chi connectivity index (χ1v) is 9.61. The lowest BCUT2D eigenvalue weighted by Crippen LogP contribution is -2.18. The second-order valence-corrected chi connectivity index (χ2v) is 7.24. The number of halogens is 1. The van der Waals surface area contributed by atoms with Crippen LogP contribution in [-0.4, -0.2) is 13.0 Å². The molecule has 0 radical (unpaired) electrons. The van der Waals surface area contributed by atoms with E-state index >= 15 is 0 Å². The van der Waals surface area contributed by atoms with Crippen LogP contribution in [0.15, 0.2) is 48.5 Å². The minimum atomic E-state index is -0.372. The number of aryl methyl sites for hydroxylation is 1. The van der Waals surface area contributed by atoms with Gasteiger partial charge in [0, 0.05) is 24.2 Å². The number of carbonyl (C=O) groups is 1. The van der Waals surface area contributed by atoms with Gasteiger partial charge in [0.1, 0.15) is 11.6 Å². The van der Waals surface area contributed by atoms with Crippen molar-refractivity contribution in [1.82, 2.24) is 0 Å². The third kappa shape index (κ3) is 3.49. The van der Waals surface area contributed by atoms with Crippen molar-refractivity contribution in [3.63, 3.8) is 0 Å². The van der Waals surface area contributed by atoms with Crippen LogP contribution in [0.3, 0.4) is 0 Å². The Morgan fingerprint density at radius 1 is 1.07 bits per heavy atom. The van der Waals surface area contributed by atoms with Gasteiger partial charge in [0.15, 0.2) is 0 Å². The lowest BCUT2D eigenvalue weighted by molar-refractivity contribution is -0.116. The second kappa shape index (κ2) is 7.68. The summed E-state index contributed by atoms with van der Waals surface area (Å²) in [5.74, 6) is 0.120. The van der Waals surface area contributed by atoms with Crippen molar-refractivity contribution in [1.29, 1.82) is 0 Å². The smallest absolute Gasteiger partial charge is 0.224 e. The monoisotopic (exact) mass is 390 g/mol. The van der Waals surface area contributed by atoms with Crippen LogP contribution in [0, 0.1) is 12.7 Å². The van der Waals surface area contributed by atoms with Gasteiger partial charge in [0.2, 0.25) is 5.91 Å². The van der Waals surface area contributed by atoms with Gasteiger partial charge in [-0.3, -0.25) is 4.79 Å². The minimum absolute atomic E-state index is 0.0442. The number of carbonyl (C=O) groups excluding carboxylic acids is 1. The summed E-state index contributed by atoms with van der Waals surface area (Å²) in [6, 6.07) is 15.4. The highest BCUT2D eigenvalue weighted by molar-refractivity contribution is 5.95. The highest BCUT2D eigenvalue weighted by Gasteiger charge is 2.17. The van der Waals surface area contributed by atoms with Gasteiger partial charge in [0.05, 0.1) is 7.11 Å². The molecule has 0 spiro atoms. The number of methoxy groups -OCH3 is 1. The van der Waals surface area contributed by atoms with Crippen molar-refractivity contribution in [2.75, 3.05) is 12.4 Å². The van der Waals surface area contributed by atoms with E-state index in [1.807, 2.05) is 37.3 Å². The molecule has 0 aromatic heterocycles. The van der Waals surface area contributed by atoms with Gasteiger partial charge >= 0.3 is 0 Å². The van der Waals surface area contributed by atoms with Crippen LogP contribution >= 0.6 is 0 Å². The van der Waals surface area contributed by atoms with Crippen molar-refractivity contribution in [2.24, 2.45) is 5.73 Å². The maximum absolute atomic E-state index is 14.6. The highest BCUT2D eigenvalue weighted by atomic mass is 19.1. The van der Waals surface area contributed by atoms with E-state index in [0.29, 0.717) is 17.7 Å². The molecule has 148 valence electrons. The number of hydrogen-bond acceptors (Lipinski definition) is 3. The molecule has 1 aliphatic rings. The maximum Gasteiger partial charge on any atom is 0.224 e. The first kappa shape index (κ1) is 19.2. The Hall–Kier alpha value is -3.18. The first-order valence-electron chi connectivity index (χ1n) is 9.61. The summed E-state index contributed by atoms with van der Waals surface area (Å²) < 4.78 is 19.9. The van der Waals surface area contributed by atoms with Crippen molar-refractivity contribution < 1.29 is 13.9 Å². The number of hydrogen-bond donors (Lipinski definition) is 2. The predicted octanol–water partition coefficient (Wildman–Crippen LogP) is 4.82. The molecule has 29 heavy (non-hydrogen) atoms. The molecule has 4 rings (SSSR count). The molecule has 0 saturated carbocycles. The average molecular weight is 390 g/mol. The van der Waals surface area contributed by atoms with Gasteiger partial charge in [0.25, 0.3) is 0 Å². The molecular weight excluding hydrogens is 367 g/mol. The van der Waals surface area contributed by atoms with Gasteiger partial charge in [-0.15, -0.1) is 0 Å². The Bertz CT molecular complexity index is 1110. The Morgan fingerprint density at radius 3 is 2.55 bits per heavy atom. The molecular formula is C24H23FN2O2. The van der Waals surface area contributed by atoms with E-state index in [2.05, 4.69) is 17.4 Å². The van der Waals surface area contributed by atoms with Crippen LogP contribution < -0.4 is 15.8 Å². The van der Waals surface area contributed by atoms with Gasteiger partial charge in [-0.25, -0.2) is 4.39 Å². The van der Waals surface area contributed by atoms with Crippen LogP contribution in [0.25, 0.3) is 22.3 Å². The summed E-state index contributed by atoms with van der Waals surface area (Å²) in [5, 5.41) is 2.95. The number of nitrogens with one attached hydrogen (secondary N) is 1. The molecule has 1 heterocycles. The van der Waals surface area contributed by atoms with Crippen molar-refractivity contribution in [3.05, 3.63) is 71.0 Å². The summed E-state index contributed by atoms with van der Waals surface area (Å²) in [6.07, 6.45) is 1.28. The topological polar surface area (TPSA) is 64.3 Å². The van der Waals surface area contributed by atoms with E-state index in [0.717, 1.165) is 45.5 Å². The predicted molar refractivity (Wildman–Crippen MR) is 113 cm³/mol. The molecule has 3 aromatic carbocycles. The number of anilines is 1. The molecule has 0 unspecified atom stereocenters. The minimum Gasteiger partial charge on any atom is -0.496 e. The number of benzene rings is 3. The van der Waals surface area contributed by atoms with Crippen molar-refractivity contribution in [2.45, 2.75) is 26.3 Å². The van der Waals surface area contributed by atoms with Gasteiger partial charge in [-0.2, -0.15) is 0 Å². The molecule has 4 nitrogen and oxygen atoms in total. The van der Waals surface area contributed by atoms with E-state index in [1.165, 1.54) is 13.2 Å². The summed E-state index contributed by atoms with van der Waals surface area (Å²) in [5.41, 5.74) is 12.8. The molecule has 0 saturated heterocycles. The number of ether oxygens (including phenoxy) is 1. The SMILES string of the molecule is COc1cc(-c2cccc(-c3ccc4c(c3)NC(=O)CC4)c2C)cc(F)c1CN. The normalized spacial score (nSPS) is 13.0. The second-order valence-electron chi connectivity index (χ2n) is 7.24. The molecule has 1 aliphatic heterocycles. The summed E-state index contributed by atoms with van der Waals surface area (Å²) in [6.45, 7) is 2.10. The third-order valence-corrected chi connectivity index (χ3v) is 5.54. The fourth-order valence-electron chi connectivity index (χ4n) is 3.95. The molecule has 0 bridgehead atoms. The summed E-state index contributed by atoms with van der Waals surface area (Å²) >= 11 is 0. The molecule has 0 atom stereocenters. The number of fused-ring (bicyclic) bond motifs is 1. The van der Waals surface area contributed by atoms with Crippen molar-refractivity contribution in [3.8, 4) is 28.0 Å². The van der Waals surface area contributed by atoms with Gasteiger partial charge in [-0.05, 0) is 64.9 Å². The van der Waals surface area contributed by atoms with Crippen LogP contribution in [0.4, 0.5) is 10.1 Å². The molecule has 3 N–H and O–H groups in total. The Morgan fingerprint density at radius 2 is 1.83 bits per heavy atom. The molecule has 5 heteroatoms. The number of rotatable bonds is 4. The molecule has 0 aliphatic carbocycles. The van der Waals surface area contributed by atoms with Crippen LogP contribution in [0.5, 0.6) is 5.75 Å². The van der Waals surface area contributed by atoms with E-state index < -0.39 is 0 Å². The Balaban J connectivity index is 1.81. The van der Waals surface area contributed by atoms with Crippen LogP contribution in [0.1, 0.15) is 23.1 Å². The third-order valence-electron chi connectivity index (χ3n) is 5.54. The molecule has 0 fully saturated rings. The fourth-order valence-corrected chi connectivity index (χ4v) is 3.95. The number of amides is 1. The highest BCUT2D eigenvalue weighted by Crippen LogP contribution is 2.37. The largest absolute Gasteiger partial charge is 0.496 e. The van der Waals surface area contributed by atoms with Crippen LogP contribution in [-0.2, 0) is 17.8 Å². The molecule has 1 amide bonds. The van der Waals surface area contributed by atoms with E-state index in [4.69, 9.17) is 10.5 Å². The van der Waals surface area contributed by atoms with Crippen LogP contribution in [0.2, 0.25) is 0 Å². The zero-order valence-corrected chi connectivity index (χ0v) is 16.5. The Kier molecular flexibility index (Phi) is 5.07. The first-order chi connectivity index (χ1) is 14.0. The summed E-state index contributed by atoms with van der Waals surface area (Å²) in [4.78, 5) is 11.8. The van der Waals surface area contributed by atoms with E-state index in [1.54, 1.807) is 0 Å². The lowest BCUT2D eigenvalue weighted by atomic mass is 9.90. The van der Waals surface area contributed by atoms with E-state index in [-0.39, 0.29) is 18.3 Å². The van der Waals surface area contributed by atoms with Crippen molar-refractivity contribution >= 4 is 11.6 Å². The van der Waals surface area contributed by atoms with Gasteiger partial charge in [-0.1, -0.05) is 30.3 Å². The zero-order valence-electron chi connectivity index (χ0n) is 16.5. The average Bonchev–Trinajstić information content (AvgIpc) is 2.72. The quantitative estimate of drug-likeness (QED) is 0.671. The number of nitrogens with two attached hydrogens (primary N) is 1. The summed E-state index contributed by atoms with van der Waals surface area (Å²) in [7, 11) is 1.52. The van der Waals surface area contributed by atoms with E-state index in [9.17, 15) is 9.18 Å². The fraction of sp³-hybridized carbons (Fsp3) is 0.208. The Labute approximate surface area is 169 Å². The molecule has 3 aromatic rings. The standard InChI is InChI=1S/C24H23FN2O2/c1-14-18(16-7-6-15-8-9-24(28)27-22(15)11-16)4-3-5-19(14)17-10-21(25)20(13-26)23(12-17)29-2/h3-7,10-12H,8-9,13,26H2,1-2H3,(H,27,28). The maximum atomic E-state index is 14.6. The van der Waals surface area contributed by atoms with Gasteiger partial charge < -0.3 is 15.8 Å². The lowest BCUT2D eigenvalue weighted by Gasteiger charge is -2.19. The zero-order chi connectivity index (χ0) is 20.5.